The van der Waals surface area contributed by atoms with Crippen LogP contribution in [0, 0.1) is 5.92 Å². The van der Waals surface area contributed by atoms with E-state index >= 15 is 0 Å². The Labute approximate surface area is 145 Å². The normalized spacial score (nSPS) is 14.5. The molecule has 2 rings (SSSR count). The van der Waals surface area contributed by atoms with Crippen LogP contribution < -0.4 is 9.47 Å². The molecule has 4 amide bonds. The number of urea groups is 1. The van der Waals surface area contributed by atoms with Crippen LogP contribution in [0.4, 0.5) is 4.79 Å². The summed E-state index contributed by atoms with van der Waals surface area (Å²) in [4.78, 5) is 50.2. The smallest absolute Gasteiger partial charge is 0.334 e. The summed E-state index contributed by atoms with van der Waals surface area (Å²) in [5.41, 5.74) is 0.244. The van der Waals surface area contributed by atoms with Crippen molar-refractivity contribution in [2.24, 2.45) is 5.92 Å². The zero-order valence-corrected chi connectivity index (χ0v) is 14.6. The van der Waals surface area contributed by atoms with Crippen LogP contribution in [0.3, 0.4) is 0 Å². The fourth-order valence-corrected chi connectivity index (χ4v) is 2.46. The predicted octanol–water partition coefficient (Wildman–Crippen LogP) is 1.33. The molecule has 0 atom stereocenters. The van der Waals surface area contributed by atoms with E-state index in [1.807, 2.05) is 13.8 Å². The van der Waals surface area contributed by atoms with Crippen LogP contribution in [0.5, 0.6) is 11.5 Å². The fourth-order valence-electron chi connectivity index (χ4n) is 2.46. The zero-order chi connectivity index (χ0) is 18.7. The molecule has 0 unspecified atom stereocenters. The van der Waals surface area contributed by atoms with E-state index in [1.54, 1.807) is 6.07 Å². The highest BCUT2D eigenvalue weighted by molar-refractivity contribution is 6.45. The highest BCUT2D eigenvalue weighted by Crippen LogP contribution is 2.28. The van der Waals surface area contributed by atoms with Gasteiger partial charge in [-0.2, -0.15) is 0 Å². The lowest BCUT2D eigenvalue weighted by Crippen LogP contribution is -2.38. The predicted molar refractivity (Wildman–Crippen MR) is 87.5 cm³/mol. The molecule has 0 bridgehead atoms. The van der Waals surface area contributed by atoms with Gasteiger partial charge < -0.3 is 9.47 Å². The molecule has 1 heterocycles. The number of Topliss-reactive ketones (excluding diaryl/α,β-unsaturated/α-hetero) is 1. The minimum atomic E-state index is -0.987. The summed E-state index contributed by atoms with van der Waals surface area (Å²) in [6.45, 7) is 3.27. The summed E-state index contributed by atoms with van der Waals surface area (Å²) >= 11 is 0. The quantitative estimate of drug-likeness (QED) is 0.419. The Kier molecular flexibility index (Phi) is 5.41. The second-order valence-corrected chi connectivity index (χ2v) is 5.98. The van der Waals surface area contributed by atoms with Gasteiger partial charge in [0.1, 0.15) is 0 Å². The number of amides is 4. The lowest BCUT2D eigenvalue weighted by atomic mass is 10.1. The average Bonchev–Trinajstić information content (AvgIpc) is 2.78. The van der Waals surface area contributed by atoms with Crippen molar-refractivity contribution >= 4 is 23.6 Å². The maximum absolute atomic E-state index is 12.4. The van der Waals surface area contributed by atoms with Crippen molar-refractivity contribution in [1.29, 1.82) is 0 Å². The Hall–Kier alpha value is -2.90. The molecule has 25 heavy (non-hydrogen) atoms. The molecule has 0 N–H and O–H groups in total. The number of hydrogen-bond acceptors (Lipinski definition) is 6. The number of methoxy groups -OCH3 is 2. The maximum atomic E-state index is 12.4. The minimum absolute atomic E-state index is 0.0159. The van der Waals surface area contributed by atoms with Crippen LogP contribution in [-0.2, 0) is 9.59 Å². The molecule has 1 aromatic rings. The summed E-state index contributed by atoms with van der Waals surface area (Å²) in [6.07, 6.45) is 0. The van der Waals surface area contributed by atoms with Crippen molar-refractivity contribution < 1.29 is 28.7 Å². The second kappa shape index (κ2) is 7.33. The van der Waals surface area contributed by atoms with E-state index < -0.39 is 30.2 Å². The summed E-state index contributed by atoms with van der Waals surface area (Å²) < 4.78 is 10.2. The van der Waals surface area contributed by atoms with E-state index in [-0.39, 0.29) is 18.0 Å². The Morgan fingerprint density at radius 3 is 2.16 bits per heavy atom. The number of imide groups is 2. The van der Waals surface area contributed by atoms with Crippen molar-refractivity contribution in [2.45, 2.75) is 13.8 Å². The Morgan fingerprint density at radius 2 is 1.60 bits per heavy atom. The van der Waals surface area contributed by atoms with Gasteiger partial charge in [0, 0.05) is 12.1 Å². The molecule has 1 aromatic carbocycles. The van der Waals surface area contributed by atoms with Crippen LogP contribution in [0.1, 0.15) is 24.2 Å². The molecule has 1 fully saturated rings. The molecule has 0 aromatic heterocycles. The molecule has 0 saturated carbocycles. The Morgan fingerprint density at radius 1 is 1.00 bits per heavy atom. The van der Waals surface area contributed by atoms with Crippen molar-refractivity contribution in [3.8, 4) is 11.5 Å². The highest BCUT2D eigenvalue weighted by atomic mass is 16.5. The number of carbonyl (C=O) groups excluding carboxylic acids is 4. The lowest BCUT2D eigenvalue weighted by Gasteiger charge is -2.16. The van der Waals surface area contributed by atoms with Crippen molar-refractivity contribution in [1.82, 2.24) is 9.80 Å². The molecule has 0 aliphatic carbocycles. The van der Waals surface area contributed by atoms with Crippen LogP contribution in [0.2, 0.25) is 0 Å². The molecule has 1 aliphatic rings. The number of nitrogens with zero attached hydrogens (tertiary/aromatic N) is 2. The zero-order valence-electron chi connectivity index (χ0n) is 14.6. The maximum Gasteiger partial charge on any atom is 0.334 e. The summed E-state index contributed by atoms with van der Waals surface area (Å²) in [5.74, 6) is -1.56. The van der Waals surface area contributed by atoms with E-state index in [0.717, 1.165) is 4.90 Å². The number of carbonyl (C=O) groups is 4. The van der Waals surface area contributed by atoms with Crippen LogP contribution in [0.25, 0.3) is 0 Å². The first-order valence-corrected chi connectivity index (χ1v) is 7.72. The standard InChI is InChI=1S/C17H20N2O6/c1-10(2)8-18-15(21)16(22)19(17(18)23)9-12(20)11-5-6-13(24-3)14(7-11)25-4/h5-7,10H,8-9H2,1-4H3. The molecular formula is C17H20N2O6. The van der Waals surface area contributed by atoms with Gasteiger partial charge in [-0.05, 0) is 24.1 Å². The highest BCUT2D eigenvalue weighted by Gasteiger charge is 2.45. The molecule has 1 saturated heterocycles. The van der Waals surface area contributed by atoms with Gasteiger partial charge in [0.25, 0.3) is 0 Å². The molecular weight excluding hydrogens is 328 g/mol. The lowest BCUT2D eigenvalue weighted by molar-refractivity contribution is -0.143. The van der Waals surface area contributed by atoms with Gasteiger partial charge in [-0.1, -0.05) is 13.8 Å². The number of ether oxygens (including phenoxy) is 2. The number of rotatable bonds is 7. The Balaban J connectivity index is 2.19. The third-order valence-corrected chi connectivity index (χ3v) is 3.69. The topological polar surface area (TPSA) is 93.2 Å². The van der Waals surface area contributed by atoms with Crippen molar-refractivity contribution in [2.75, 3.05) is 27.3 Å². The molecule has 1 aliphatic heterocycles. The average molecular weight is 348 g/mol. The molecule has 8 heteroatoms. The largest absolute Gasteiger partial charge is 0.493 e. The van der Waals surface area contributed by atoms with Gasteiger partial charge >= 0.3 is 17.8 Å². The summed E-state index contributed by atoms with van der Waals surface area (Å²) in [7, 11) is 2.90. The third kappa shape index (κ3) is 3.62. The molecule has 134 valence electrons. The van der Waals surface area contributed by atoms with E-state index in [1.165, 1.54) is 26.4 Å². The van der Waals surface area contributed by atoms with Crippen molar-refractivity contribution in [3.05, 3.63) is 23.8 Å². The van der Waals surface area contributed by atoms with E-state index in [0.29, 0.717) is 16.4 Å². The van der Waals surface area contributed by atoms with Gasteiger partial charge in [-0.3, -0.25) is 19.3 Å². The first kappa shape index (κ1) is 18.4. The van der Waals surface area contributed by atoms with Crippen LogP contribution in [0.15, 0.2) is 18.2 Å². The monoisotopic (exact) mass is 348 g/mol. The Bertz CT molecular complexity index is 728. The van der Waals surface area contributed by atoms with Gasteiger partial charge in [0.05, 0.1) is 20.8 Å². The van der Waals surface area contributed by atoms with Gasteiger partial charge in [0.15, 0.2) is 17.3 Å². The third-order valence-electron chi connectivity index (χ3n) is 3.69. The van der Waals surface area contributed by atoms with Crippen molar-refractivity contribution in [3.63, 3.8) is 0 Å². The van der Waals surface area contributed by atoms with E-state index in [2.05, 4.69) is 0 Å². The van der Waals surface area contributed by atoms with E-state index in [9.17, 15) is 19.2 Å². The van der Waals surface area contributed by atoms with E-state index in [4.69, 9.17) is 9.47 Å². The molecule has 0 radical (unpaired) electrons. The fraction of sp³-hybridized carbons (Fsp3) is 0.412. The van der Waals surface area contributed by atoms with Gasteiger partial charge in [-0.15, -0.1) is 0 Å². The van der Waals surface area contributed by atoms with Crippen LogP contribution in [-0.4, -0.2) is 60.7 Å². The van der Waals surface area contributed by atoms with Crippen LogP contribution >= 0.6 is 0 Å². The number of ketones is 1. The summed E-state index contributed by atoms with van der Waals surface area (Å²) in [6, 6.07) is 3.75. The first-order chi connectivity index (χ1) is 11.8. The summed E-state index contributed by atoms with van der Waals surface area (Å²) in [5, 5.41) is 0. The SMILES string of the molecule is COc1ccc(C(=O)CN2C(=O)C(=O)N(CC(C)C)C2=O)cc1OC. The van der Waals surface area contributed by atoms with Gasteiger partial charge in [-0.25, -0.2) is 9.69 Å². The minimum Gasteiger partial charge on any atom is -0.493 e. The number of benzene rings is 1. The molecule has 8 nitrogen and oxygen atoms in total. The molecule has 0 spiro atoms. The number of hydrogen-bond donors (Lipinski definition) is 0. The van der Waals surface area contributed by atoms with Gasteiger partial charge in [0.2, 0.25) is 0 Å². The second-order valence-electron chi connectivity index (χ2n) is 5.98. The first-order valence-electron chi connectivity index (χ1n) is 7.72.